The van der Waals surface area contributed by atoms with Gasteiger partial charge in [0.1, 0.15) is 5.69 Å². The molecular formula is C12H12INO. The topological polar surface area (TPSA) is 26.0 Å². The van der Waals surface area contributed by atoms with E-state index in [1.165, 1.54) is 0 Å². The third-order valence-corrected chi connectivity index (χ3v) is 3.34. The Morgan fingerprint density at radius 3 is 2.67 bits per heavy atom. The van der Waals surface area contributed by atoms with Crippen molar-refractivity contribution in [1.29, 1.82) is 0 Å². The average molecular weight is 313 g/mol. The van der Waals surface area contributed by atoms with Crippen molar-refractivity contribution in [1.82, 2.24) is 5.16 Å². The summed E-state index contributed by atoms with van der Waals surface area (Å²) in [7, 11) is 0. The maximum atomic E-state index is 5.33. The molecule has 0 atom stereocenters. The zero-order valence-corrected chi connectivity index (χ0v) is 10.7. The molecule has 2 rings (SSSR count). The van der Waals surface area contributed by atoms with Gasteiger partial charge >= 0.3 is 0 Å². The van der Waals surface area contributed by atoms with E-state index in [-0.39, 0.29) is 0 Å². The molecule has 0 saturated heterocycles. The molecule has 1 heterocycles. The minimum Gasteiger partial charge on any atom is -0.360 e. The van der Waals surface area contributed by atoms with Crippen molar-refractivity contribution < 1.29 is 4.52 Å². The summed E-state index contributed by atoms with van der Waals surface area (Å²) in [5.41, 5.74) is 2.08. The third kappa shape index (κ3) is 2.22. The Morgan fingerprint density at radius 1 is 1.27 bits per heavy atom. The van der Waals surface area contributed by atoms with E-state index < -0.39 is 0 Å². The molecular weight excluding hydrogens is 301 g/mol. The first-order valence-corrected chi connectivity index (χ1v) is 6.10. The van der Waals surface area contributed by atoms with Gasteiger partial charge in [-0.25, -0.2) is 0 Å². The molecule has 0 saturated carbocycles. The first-order valence-electron chi connectivity index (χ1n) is 5.02. The number of hydrogen-bond acceptors (Lipinski definition) is 2. The van der Waals surface area contributed by atoms with E-state index in [1.807, 2.05) is 18.2 Å². The van der Waals surface area contributed by atoms with Crippen molar-refractivity contribution in [3.05, 3.63) is 39.7 Å². The van der Waals surface area contributed by atoms with E-state index in [0.29, 0.717) is 0 Å². The number of aryl methyl sites for hydroxylation is 1. The van der Waals surface area contributed by atoms with Crippen LogP contribution < -0.4 is 0 Å². The van der Waals surface area contributed by atoms with Crippen molar-refractivity contribution in [3.8, 4) is 11.3 Å². The Kier molecular flexibility index (Phi) is 3.41. The molecule has 0 aliphatic carbocycles. The highest BCUT2D eigenvalue weighted by Crippen LogP contribution is 2.27. The second kappa shape index (κ2) is 4.79. The van der Waals surface area contributed by atoms with E-state index in [4.69, 9.17) is 4.52 Å². The molecule has 0 spiro atoms. The Morgan fingerprint density at radius 2 is 2.00 bits per heavy atom. The van der Waals surface area contributed by atoms with Crippen LogP contribution in [-0.2, 0) is 6.42 Å². The van der Waals surface area contributed by atoms with Crippen LogP contribution in [0.3, 0.4) is 0 Å². The predicted octanol–water partition coefficient (Wildman–Crippen LogP) is 3.90. The summed E-state index contributed by atoms with van der Waals surface area (Å²) in [5, 5.41) is 4.12. The second-order valence-corrected chi connectivity index (χ2v) is 4.46. The highest BCUT2D eigenvalue weighted by atomic mass is 127. The van der Waals surface area contributed by atoms with Crippen molar-refractivity contribution >= 4 is 22.6 Å². The Hall–Kier alpha value is -0.840. The van der Waals surface area contributed by atoms with E-state index in [2.05, 4.69) is 46.8 Å². The molecule has 2 aromatic rings. The Bertz CT molecular complexity index is 436. The minimum atomic E-state index is 0.956. The SMILES string of the molecule is CCCc1onc(-c2ccccc2)c1I. The van der Waals surface area contributed by atoms with Gasteiger partial charge in [-0.15, -0.1) is 0 Å². The maximum Gasteiger partial charge on any atom is 0.150 e. The molecule has 15 heavy (non-hydrogen) atoms. The van der Waals surface area contributed by atoms with Gasteiger partial charge in [0.15, 0.2) is 5.76 Å². The van der Waals surface area contributed by atoms with Crippen LogP contribution in [0.25, 0.3) is 11.3 Å². The summed E-state index contributed by atoms with van der Waals surface area (Å²) in [6.45, 7) is 2.14. The highest BCUT2D eigenvalue weighted by molar-refractivity contribution is 14.1. The number of nitrogens with zero attached hydrogens (tertiary/aromatic N) is 1. The summed E-state index contributed by atoms with van der Waals surface area (Å²) in [6, 6.07) is 10.1. The number of rotatable bonds is 3. The van der Waals surface area contributed by atoms with Crippen LogP contribution >= 0.6 is 22.6 Å². The lowest BCUT2D eigenvalue weighted by Gasteiger charge is -1.95. The smallest absolute Gasteiger partial charge is 0.150 e. The summed E-state index contributed by atoms with van der Waals surface area (Å²) in [5.74, 6) is 0.997. The molecule has 0 amide bonds. The van der Waals surface area contributed by atoms with Crippen LogP contribution in [-0.4, -0.2) is 5.16 Å². The van der Waals surface area contributed by atoms with Gasteiger partial charge in [-0.05, 0) is 29.0 Å². The largest absolute Gasteiger partial charge is 0.360 e. The van der Waals surface area contributed by atoms with E-state index in [0.717, 1.165) is 33.4 Å². The quantitative estimate of drug-likeness (QED) is 0.803. The lowest BCUT2D eigenvalue weighted by Crippen LogP contribution is -1.84. The Labute approximate surface area is 103 Å². The first kappa shape index (κ1) is 10.7. The first-order chi connectivity index (χ1) is 7.33. The van der Waals surface area contributed by atoms with Gasteiger partial charge < -0.3 is 4.52 Å². The van der Waals surface area contributed by atoms with Crippen LogP contribution in [0.15, 0.2) is 34.9 Å². The molecule has 0 aliphatic heterocycles. The zero-order chi connectivity index (χ0) is 10.7. The number of aromatic nitrogens is 1. The fourth-order valence-electron chi connectivity index (χ4n) is 1.47. The van der Waals surface area contributed by atoms with Crippen molar-refractivity contribution in [2.45, 2.75) is 19.8 Å². The third-order valence-electron chi connectivity index (χ3n) is 2.22. The zero-order valence-electron chi connectivity index (χ0n) is 8.53. The molecule has 1 aromatic heterocycles. The number of hydrogen-bond donors (Lipinski definition) is 0. The van der Waals surface area contributed by atoms with Crippen LogP contribution in [0.2, 0.25) is 0 Å². The average Bonchev–Trinajstić information content (AvgIpc) is 2.63. The van der Waals surface area contributed by atoms with Crippen LogP contribution in [0, 0.1) is 3.57 Å². The molecule has 0 bridgehead atoms. The molecule has 78 valence electrons. The molecule has 0 aliphatic rings. The van der Waals surface area contributed by atoms with Crippen LogP contribution in [0.5, 0.6) is 0 Å². The highest BCUT2D eigenvalue weighted by Gasteiger charge is 2.13. The summed E-state index contributed by atoms with van der Waals surface area (Å²) >= 11 is 2.31. The summed E-state index contributed by atoms with van der Waals surface area (Å²) < 4.78 is 6.47. The van der Waals surface area contributed by atoms with Crippen molar-refractivity contribution in [2.75, 3.05) is 0 Å². The van der Waals surface area contributed by atoms with Gasteiger partial charge in [0.25, 0.3) is 0 Å². The fourth-order valence-corrected chi connectivity index (χ4v) is 2.25. The molecule has 2 nitrogen and oxygen atoms in total. The standard InChI is InChI=1S/C12H12INO/c1-2-6-10-11(13)12(14-15-10)9-7-4-3-5-8-9/h3-5,7-8H,2,6H2,1H3. The van der Waals surface area contributed by atoms with Crippen LogP contribution in [0.4, 0.5) is 0 Å². The van der Waals surface area contributed by atoms with Gasteiger partial charge in [0.2, 0.25) is 0 Å². The monoisotopic (exact) mass is 313 g/mol. The van der Waals surface area contributed by atoms with Crippen molar-refractivity contribution in [3.63, 3.8) is 0 Å². The molecule has 0 N–H and O–H groups in total. The van der Waals surface area contributed by atoms with E-state index in [1.54, 1.807) is 0 Å². The molecule has 1 aromatic carbocycles. The van der Waals surface area contributed by atoms with Gasteiger partial charge in [-0.3, -0.25) is 0 Å². The van der Waals surface area contributed by atoms with Gasteiger partial charge in [-0.1, -0.05) is 42.4 Å². The molecule has 0 fully saturated rings. The molecule has 0 unspecified atom stereocenters. The van der Waals surface area contributed by atoms with Crippen molar-refractivity contribution in [2.24, 2.45) is 0 Å². The van der Waals surface area contributed by atoms with E-state index >= 15 is 0 Å². The fraction of sp³-hybridized carbons (Fsp3) is 0.250. The number of benzene rings is 1. The summed E-state index contributed by atoms with van der Waals surface area (Å²) in [6.07, 6.45) is 2.04. The number of halogens is 1. The predicted molar refractivity (Wildman–Crippen MR) is 68.7 cm³/mol. The Balaban J connectivity index is 2.38. The molecule has 3 heteroatoms. The lowest BCUT2D eigenvalue weighted by molar-refractivity contribution is 0.383. The molecule has 0 radical (unpaired) electrons. The van der Waals surface area contributed by atoms with Gasteiger partial charge in [0.05, 0.1) is 3.57 Å². The van der Waals surface area contributed by atoms with Gasteiger partial charge in [-0.2, -0.15) is 0 Å². The minimum absolute atomic E-state index is 0.956. The van der Waals surface area contributed by atoms with Gasteiger partial charge in [0, 0.05) is 12.0 Å². The normalized spacial score (nSPS) is 10.5. The second-order valence-electron chi connectivity index (χ2n) is 3.38. The van der Waals surface area contributed by atoms with E-state index in [9.17, 15) is 0 Å². The summed E-state index contributed by atoms with van der Waals surface area (Å²) in [4.78, 5) is 0. The maximum absolute atomic E-state index is 5.33. The van der Waals surface area contributed by atoms with Crippen LogP contribution in [0.1, 0.15) is 19.1 Å². The lowest BCUT2D eigenvalue weighted by atomic mass is 10.1.